The first-order valence-electron chi connectivity index (χ1n) is 11.8. The molecular formula is C24H30ClN7O5S2. The molecule has 12 nitrogen and oxygen atoms in total. The molecule has 7 N–H and O–H groups in total. The van der Waals surface area contributed by atoms with Crippen LogP contribution in [0.4, 0.5) is 5.69 Å². The van der Waals surface area contributed by atoms with Crippen molar-refractivity contribution in [1.29, 1.82) is 0 Å². The van der Waals surface area contributed by atoms with Gasteiger partial charge in [-0.15, -0.1) is 11.3 Å². The van der Waals surface area contributed by atoms with Gasteiger partial charge in [0.15, 0.2) is 5.96 Å². The Morgan fingerprint density at radius 1 is 1.21 bits per heavy atom. The summed E-state index contributed by atoms with van der Waals surface area (Å²) in [6.45, 7) is 2.10. The largest absolute Gasteiger partial charge is 0.480 e. The molecule has 15 heteroatoms. The number of carboxylic acid groups (broad SMARTS) is 1. The summed E-state index contributed by atoms with van der Waals surface area (Å²) < 4.78 is 30.1. The Morgan fingerprint density at radius 3 is 2.49 bits per heavy atom. The minimum Gasteiger partial charge on any atom is -0.480 e. The number of thiophene rings is 1. The van der Waals surface area contributed by atoms with E-state index in [0.717, 1.165) is 28.2 Å². The quantitative estimate of drug-likeness (QED) is 0.113. The van der Waals surface area contributed by atoms with Crippen molar-refractivity contribution >= 4 is 56.5 Å². The molecule has 1 atom stereocenters. The molecule has 39 heavy (non-hydrogen) atoms. The number of carbonyl (C=O) groups excluding carboxylic acids is 1. The summed E-state index contributed by atoms with van der Waals surface area (Å²) in [6, 6.07) is 6.65. The number of hydrogen-bond donors (Lipinski definition) is 5. The predicted molar refractivity (Wildman–Crippen MR) is 151 cm³/mol. The van der Waals surface area contributed by atoms with Crippen molar-refractivity contribution in [3.8, 4) is 0 Å². The van der Waals surface area contributed by atoms with Gasteiger partial charge in [0.05, 0.1) is 16.3 Å². The van der Waals surface area contributed by atoms with E-state index in [-0.39, 0.29) is 34.4 Å². The van der Waals surface area contributed by atoms with Crippen LogP contribution in [0.2, 0.25) is 5.15 Å². The molecule has 0 unspecified atom stereocenters. The molecule has 0 spiro atoms. The molecule has 0 fully saturated rings. The van der Waals surface area contributed by atoms with Crippen LogP contribution in [0.3, 0.4) is 0 Å². The van der Waals surface area contributed by atoms with E-state index in [1.165, 1.54) is 23.6 Å². The number of rotatable bonds is 13. The van der Waals surface area contributed by atoms with Gasteiger partial charge in [-0.1, -0.05) is 23.7 Å². The molecule has 0 bridgehead atoms. The number of hydrogen-bond acceptors (Lipinski definition) is 7. The molecule has 0 radical (unpaired) electrons. The van der Waals surface area contributed by atoms with Crippen LogP contribution in [0.5, 0.6) is 0 Å². The predicted octanol–water partition coefficient (Wildman–Crippen LogP) is 2.27. The van der Waals surface area contributed by atoms with Gasteiger partial charge in [-0.2, -0.15) is 5.10 Å². The zero-order chi connectivity index (χ0) is 28.7. The lowest BCUT2D eigenvalue weighted by molar-refractivity contribution is -0.139. The number of sulfonamides is 1. The normalized spacial score (nSPS) is 12.1. The molecular weight excluding hydrogens is 566 g/mol. The van der Waals surface area contributed by atoms with Gasteiger partial charge in [0.1, 0.15) is 16.1 Å². The SMILES string of the molecule is Cc1nn(C)c(Cl)c1CCc1ccc(S(=O)(=O)Nc2ccsc2C(=O)N[C@@H](CCCN=C(N)N)C(=O)O)cc1. The van der Waals surface area contributed by atoms with Crippen LogP contribution >= 0.6 is 22.9 Å². The molecule has 210 valence electrons. The summed E-state index contributed by atoms with van der Waals surface area (Å²) in [4.78, 5) is 28.2. The number of aryl methyl sites for hydroxylation is 3. The average Bonchev–Trinajstić information content (AvgIpc) is 3.42. The molecule has 3 aromatic rings. The number of anilines is 1. The maximum Gasteiger partial charge on any atom is 0.326 e. The Hall–Kier alpha value is -3.62. The number of aromatic nitrogens is 2. The van der Waals surface area contributed by atoms with Crippen LogP contribution in [0.25, 0.3) is 0 Å². The highest BCUT2D eigenvalue weighted by Crippen LogP contribution is 2.26. The molecule has 2 aromatic heterocycles. The van der Waals surface area contributed by atoms with Crippen molar-refractivity contribution in [2.45, 2.75) is 43.5 Å². The van der Waals surface area contributed by atoms with Crippen LogP contribution in [-0.4, -0.2) is 53.7 Å². The molecule has 0 saturated heterocycles. The molecule has 0 aliphatic rings. The number of guanidine groups is 1. The second kappa shape index (κ2) is 13.0. The lowest BCUT2D eigenvalue weighted by atomic mass is 10.1. The number of nitrogens with one attached hydrogen (secondary N) is 2. The fourth-order valence-electron chi connectivity index (χ4n) is 3.82. The standard InChI is InChI=1S/C24H30ClN7O5S2/c1-14-17(21(25)32(2)30-14)10-7-15-5-8-16(9-6-15)39(36,37)31-18-11-13-38-20(18)22(33)29-19(23(34)35)4-3-12-28-24(26)27/h5-6,8-9,11,13,19,31H,3-4,7,10,12H2,1-2H3,(H,29,33)(H,34,35)(H4,26,27,28)/t19-/m0/s1. The summed E-state index contributed by atoms with van der Waals surface area (Å²) in [5.41, 5.74) is 13.3. The van der Waals surface area contributed by atoms with E-state index >= 15 is 0 Å². The molecule has 2 heterocycles. The maximum atomic E-state index is 13.0. The van der Waals surface area contributed by atoms with Crippen LogP contribution in [-0.2, 0) is 34.7 Å². The topological polar surface area (TPSA) is 195 Å². The van der Waals surface area contributed by atoms with E-state index in [4.69, 9.17) is 23.1 Å². The number of nitrogens with zero attached hydrogens (tertiary/aromatic N) is 3. The summed E-state index contributed by atoms with van der Waals surface area (Å²) in [7, 11) is -2.24. The lowest BCUT2D eigenvalue weighted by Gasteiger charge is -2.15. The third-order valence-corrected chi connectivity index (χ3v) is 8.60. The second-order valence-corrected chi connectivity index (χ2v) is 11.7. The molecule has 0 saturated carbocycles. The maximum absolute atomic E-state index is 13.0. The Bertz CT molecular complexity index is 1460. The van der Waals surface area contributed by atoms with Crippen LogP contribution in [0, 0.1) is 6.92 Å². The first-order chi connectivity index (χ1) is 18.4. The average molecular weight is 596 g/mol. The number of nitrogens with two attached hydrogens (primary N) is 2. The van der Waals surface area contributed by atoms with Gasteiger partial charge in [-0.05, 0) is 61.7 Å². The number of carbonyl (C=O) groups is 2. The smallest absolute Gasteiger partial charge is 0.326 e. The van der Waals surface area contributed by atoms with Crippen molar-refractivity contribution in [2.75, 3.05) is 11.3 Å². The van der Waals surface area contributed by atoms with Gasteiger partial charge < -0.3 is 21.9 Å². The van der Waals surface area contributed by atoms with E-state index in [9.17, 15) is 23.1 Å². The van der Waals surface area contributed by atoms with Crippen molar-refractivity contribution < 1.29 is 23.1 Å². The monoisotopic (exact) mass is 595 g/mol. The minimum absolute atomic E-state index is 0.0162. The molecule has 1 aromatic carbocycles. The minimum atomic E-state index is -4.02. The Morgan fingerprint density at radius 2 is 1.90 bits per heavy atom. The molecule has 0 aliphatic heterocycles. The van der Waals surface area contributed by atoms with Gasteiger partial charge in [-0.3, -0.25) is 19.2 Å². The van der Waals surface area contributed by atoms with E-state index < -0.39 is 27.9 Å². The third kappa shape index (κ3) is 7.94. The van der Waals surface area contributed by atoms with Gasteiger partial charge >= 0.3 is 5.97 Å². The zero-order valence-corrected chi connectivity index (χ0v) is 23.7. The second-order valence-electron chi connectivity index (χ2n) is 8.70. The highest BCUT2D eigenvalue weighted by Gasteiger charge is 2.25. The van der Waals surface area contributed by atoms with Crippen LogP contribution in [0.1, 0.15) is 39.3 Å². The van der Waals surface area contributed by atoms with Crippen molar-refractivity contribution in [2.24, 2.45) is 23.5 Å². The summed E-state index contributed by atoms with van der Waals surface area (Å²) >= 11 is 7.28. The highest BCUT2D eigenvalue weighted by molar-refractivity contribution is 7.92. The van der Waals surface area contributed by atoms with Gasteiger partial charge in [0.25, 0.3) is 15.9 Å². The Kier molecular flexibility index (Phi) is 9.94. The lowest BCUT2D eigenvalue weighted by Crippen LogP contribution is -2.40. The highest BCUT2D eigenvalue weighted by atomic mass is 35.5. The number of aliphatic imine (C=N–C) groups is 1. The molecule has 0 aliphatic carbocycles. The molecule has 3 rings (SSSR count). The van der Waals surface area contributed by atoms with E-state index in [1.807, 2.05) is 6.92 Å². The number of halogens is 1. The van der Waals surface area contributed by atoms with E-state index in [0.29, 0.717) is 24.4 Å². The van der Waals surface area contributed by atoms with E-state index in [1.54, 1.807) is 23.9 Å². The molecule has 1 amide bonds. The van der Waals surface area contributed by atoms with Crippen LogP contribution < -0.4 is 21.5 Å². The fourth-order valence-corrected chi connectivity index (χ4v) is 5.97. The zero-order valence-electron chi connectivity index (χ0n) is 21.3. The first-order valence-corrected chi connectivity index (χ1v) is 14.6. The van der Waals surface area contributed by atoms with Crippen molar-refractivity contribution in [1.82, 2.24) is 15.1 Å². The van der Waals surface area contributed by atoms with Crippen molar-refractivity contribution in [3.05, 3.63) is 62.6 Å². The van der Waals surface area contributed by atoms with Crippen LogP contribution in [0.15, 0.2) is 45.6 Å². The fraction of sp³-hybridized carbons (Fsp3) is 0.333. The van der Waals surface area contributed by atoms with E-state index in [2.05, 4.69) is 20.1 Å². The van der Waals surface area contributed by atoms with Gasteiger partial charge in [-0.25, -0.2) is 13.2 Å². The number of aliphatic carboxylic acids is 1. The van der Waals surface area contributed by atoms with Crippen molar-refractivity contribution in [3.63, 3.8) is 0 Å². The number of benzene rings is 1. The number of carboxylic acids is 1. The summed E-state index contributed by atoms with van der Waals surface area (Å²) in [5, 5.41) is 18.3. The Labute approximate surface area is 235 Å². The number of amides is 1. The Balaban J connectivity index is 1.65. The van der Waals surface area contributed by atoms with Gasteiger partial charge in [0.2, 0.25) is 0 Å². The summed E-state index contributed by atoms with van der Waals surface area (Å²) in [5.74, 6) is -2.05. The van der Waals surface area contributed by atoms with Gasteiger partial charge in [0, 0.05) is 19.2 Å². The first kappa shape index (κ1) is 29.9. The summed E-state index contributed by atoms with van der Waals surface area (Å²) in [6.07, 6.45) is 1.71. The third-order valence-electron chi connectivity index (χ3n) is 5.83.